The summed E-state index contributed by atoms with van der Waals surface area (Å²) in [6.07, 6.45) is 3.40. The Labute approximate surface area is 83.8 Å². The van der Waals surface area contributed by atoms with Crippen molar-refractivity contribution in [3.63, 3.8) is 0 Å². The standard InChI is InChI=1S/C10H17NO3/c1-14-10(13)11-6-5-7-3-2-4-8(12)9(7)11/h7-9,12H,2-6H2,1H3/t7-,8-,9-/m0/s1. The molecule has 80 valence electrons. The van der Waals surface area contributed by atoms with Crippen LogP contribution in [0.25, 0.3) is 0 Å². The fourth-order valence-electron chi connectivity index (χ4n) is 2.81. The van der Waals surface area contributed by atoms with E-state index in [1.807, 2.05) is 0 Å². The van der Waals surface area contributed by atoms with Crippen LogP contribution < -0.4 is 0 Å². The predicted molar refractivity (Wildman–Crippen MR) is 50.9 cm³/mol. The molecule has 14 heavy (non-hydrogen) atoms. The number of nitrogens with zero attached hydrogens (tertiary/aromatic N) is 1. The van der Waals surface area contributed by atoms with Crippen LogP contribution in [0.1, 0.15) is 25.7 Å². The summed E-state index contributed by atoms with van der Waals surface area (Å²) < 4.78 is 4.71. The molecule has 0 aromatic rings. The van der Waals surface area contributed by atoms with Gasteiger partial charge in [-0.15, -0.1) is 0 Å². The van der Waals surface area contributed by atoms with Gasteiger partial charge in [0.15, 0.2) is 0 Å². The van der Waals surface area contributed by atoms with Crippen LogP contribution in [0, 0.1) is 5.92 Å². The zero-order valence-corrected chi connectivity index (χ0v) is 8.48. The van der Waals surface area contributed by atoms with Crippen molar-refractivity contribution in [2.45, 2.75) is 37.8 Å². The SMILES string of the molecule is COC(=O)N1CC[C@@H]2CCC[C@H](O)[C@H]21. The average molecular weight is 199 g/mol. The minimum atomic E-state index is -0.352. The topological polar surface area (TPSA) is 49.8 Å². The van der Waals surface area contributed by atoms with Gasteiger partial charge in [0.05, 0.1) is 19.3 Å². The predicted octanol–water partition coefficient (Wildman–Crippen LogP) is 0.988. The number of carbonyl (C=O) groups is 1. The van der Waals surface area contributed by atoms with E-state index in [2.05, 4.69) is 0 Å². The van der Waals surface area contributed by atoms with Gasteiger partial charge < -0.3 is 14.7 Å². The molecule has 4 nitrogen and oxygen atoms in total. The largest absolute Gasteiger partial charge is 0.453 e. The summed E-state index contributed by atoms with van der Waals surface area (Å²) in [5.41, 5.74) is 0. The van der Waals surface area contributed by atoms with Crippen LogP contribution in [0.15, 0.2) is 0 Å². The first-order valence-electron chi connectivity index (χ1n) is 5.26. The van der Waals surface area contributed by atoms with E-state index in [1.54, 1.807) is 4.90 Å². The number of rotatable bonds is 0. The van der Waals surface area contributed by atoms with E-state index in [1.165, 1.54) is 7.11 Å². The fraction of sp³-hybridized carbons (Fsp3) is 0.900. The molecule has 1 aliphatic carbocycles. The Balaban J connectivity index is 2.10. The number of ether oxygens (including phenoxy) is 1. The van der Waals surface area contributed by atoms with Crippen LogP contribution in [0.2, 0.25) is 0 Å². The van der Waals surface area contributed by atoms with Crippen molar-refractivity contribution in [3.05, 3.63) is 0 Å². The zero-order valence-electron chi connectivity index (χ0n) is 8.48. The number of carbonyl (C=O) groups excluding carboxylic acids is 1. The Kier molecular flexibility index (Phi) is 2.63. The molecule has 1 heterocycles. The van der Waals surface area contributed by atoms with Crippen molar-refractivity contribution < 1.29 is 14.6 Å². The molecule has 4 heteroatoms. The summed E-state index contributed by atoms with van der Waals surface area (Å²) in [4.78, 5) is 13.1. The average Bonchev–Trinajstić information content (AvgIpc) is 2.62. The monoisotopic (exact) mass is 199 g/mol. The zero-order chi connectivity index (χ0) is 10.1. The number of aliphatic hydroxyl groups is 1. The molecule has 2 fully saturated rings. The number of likely N-dealkylation sites (tertiary alicyclic amines) is 1. The molecule has 3 atom stereocenters. The van der Waals surface area contributed by atoms with Gasteiger partial charge in [0.25, 0.3) is 0 Å². The van der Waals surface area contributed by atoms with Crippen LogP contribution in [-0.2, 0) is 4.74 Å². The highest BCUT2D eigenvalue weighted by atomic mass is 16.5. The summed E-state index contributed by atoms with van der Waals surface area (Å²) in [5, 5.41) is 9.84. The Morgan fingerprint density at radius 3 is 2.93 bits per heavy atom. The number of amides is 1. The summed E-state index contributed by atoms with van der Waals surface area (Å²) >= 11 is 0. The number of hydrogen-bond acceptors (Lipinski definition) is 3. The fourth-order valence-corrected chi connectivity index (χ4v) is 2.81. The second kappa shape index (κ2) is 3.77. The number of hydrogen-bond donors (Lipinski definition) is 1. The third-order valence-electron chi connectivity index (χ3n) is 3.46. The summed E-state index contributed by atoms with van der Waals surface area (Å²) in [5.74, 6) is 0.484. The maximum atomic E-state index is 11.4. The van der Waals surface area contributed by atoms with Gasteiger partial charge >= 0.3 is 6.09 Å². The van der Waals surface area contributed by atoms with Gasteiger partial charge in [-0.3, -0.25) is 0 Å². The molecular weight excluding hydrogens is 182 g/mol. The van der Waals surface area contributed by atoms with Crippen molar-refractivity contribution >= 4 is 6.09 Å². The van der Waals surface area contributed by atoms with Crippen LogP contribution in [0.4, 0.5) is 4.79 Å². The van der Waals surface area contributed by atoms with Gasteiger partial charge in [0.2, 0.25) is 0 Å². The summed E-state index contributed by atoms with van der Waals surface area (Å²) in [7, 11) is 1.39. The first-order valence-corrected chi connectivity index (χ1v) is 5.26. The normalized spacial score (nSPS) is 36.7. The van der Waals surface area contributed by atoms with Crippen molar-refractivity contribution in [2.24, 2.45) is 5.92 Å². The van der Waals surface area contributed by atoms with Crippen molar-refractivity contribution in [1.29, 1.82) is 0 Å². The number of fused-ring (bicyclic) bond motifs is 1. The summed E-state index contributed by atoms with van der Waals surface area (Å²) in [6, 6.07) is 0.0104. The molecule has 0 unspecified atom stereocenters. The molecule has 1 saturated carbocycles. The van der Waals surface area contributed by atoms with E-state index in [0.29, 0.717) is 5.92 Å². The third-order valence-corrected chi connectivity index (χ3v) is 3.46. The number of aliphatic hydroxyl groups excluding tert-OH is 1. The van der Waals surface area contributed by atoms with Gasteiger partial charge in [-0.2, -0.15) is 0 Å². The Morgan fingerprint density at radius 2 is 2.21 bits per heavy atom. The minimum absolute atomic E-state index is 0.0104. The van der Waals surface area contributed by atoms with E-state index in [9.17, 15) is 9.90 Å². The molecule has 1 aliphatic heterocycles. The van der Waals surface area contributed by atoms with Gasteiger partial charge in [0, 0.05) is 6.54 Å². The van der Waals surface area contributed by atoms with E-state index in [4.69, 9.17) is 4.74 Å². The molecule has 1 N–H and O–H groups in total. The second-order valence-electron chi connectivity index (χ2n) is 4.20. The number of methoxy groups -OCH3 is 1. The molecule has 2 rings (SSSR count). The van der Waals surface area contributed by atoms with E-state index < -0.39 is 0 Å². The van der Waals surface area contributed by atoms with Crippen LogP contribution in [-0.4, -0.2) is 41.9 Å². The first kappa shape index (κ1) is 9.77. The lowest BCUT2D eigenvalue weighted by Gasteiger charge is -2.34. The first-order chi connectivity index (χ1) is 6.74. The molecular formula is C10H17NO3. The maximum absolute atomic E-state index is 11.4. The van der Waals surface area contributed by atoms with Crippen LogP contribution in [0.5, 0.6) is 0 Å². The van der Waals surface area contributed by atoms with Crippen LogP contribution in [0.3, 0.4) is 0 Å². The second-order valence-corrected chi connectivity index (χ2v) is 4.20. The maximum Gasteiger partial charge on any atom is 0.409 e. The Bertz CT molecular complexity index is 231. The quantitative estimate of drug-likeness (QED) is 0.633. The molecule has 0 radical (unpaired) electrons. The lowest BCUT2D eigenvalue weighted by atomic mass is 9.83. The van der Waals surface area contributed by atoms with E-state index in [0.717, 1.165) is 32.2 Å². The molecule has 1 saturated heterocycles. The molecule has 1 amide bonds. The molecule has 0 bridgehead atoms. The third kappa shape index (κ3) is 1.47. The Hall–Kier alpha value is -0.770. The molecule has 0 aromatic carbocycles. The van der Waals surface area contributed by atoms with E-state index >= 15 is 0 Å². The lowest BCUT2D eigenvalue weighted by molar-refractivity contribution is 0.0222. The Morgan fingerprint density at radius 1 is 1.43 bits per heavy atom. The van der Waals surface area contributed by atoms with Crippen molar-refractivity contribution in [3.8, 4) is 0 Å². The van der Waals surface area contributed by atoms with Gasteiger partial charge in [-0.05, 0) is 25.2 Å². The minimum Gasteiger partial charge on any atom is -0.453 e. The molecule has 0 aromatic heterocycles. The highest BCUT2D eigenvalue weighted by Crippen LogP contribution is 2.36. The van der Waals surface area contributed by atoms with Gasteiger partial charge in [-0.25, -0.2) is 4.79 Å². The lowest BCUT2D eigenvalue weighted by Crippen LogP contribution is -2.47. The van der Waals surface area contributed by atoms with Crippen molar-refractivity contribution in [1.82, 2.24) is 4.90 Å². The van der Waals surface area contributed by atoms with E-state index in [-0.39, 0.29) is 18.2 Å². The van der Waals surface area contributed by atoms with Gasteiger partial charge in [-0.1, -0.05) is 6.42 Å². The highest BCUT2D eigenvalue weighted by Gasteiger charge is 2.43. The summed E-state index contributed by atoms with van der Waals surface area (Å²) in [6.45, 7) is 0.735. The molecule has 2 aliphatic rings. The van der Waals surface area contributed by atoms with Crippen LogP contribution >= 0.6 is 0 Å². The molecule has 0 spiro atoms. The smallest absolute Gasteiger partial charge is 0.409 e. The van der Waals surface area contributed by atoms with Gasteiger partial charge in [0.1, 0.15) is 0 Å². The van der Waals surface area contributed by atoms with Crippen molar-refractivity contribution in [2.75, 3.05) is 13.7 Å². The highest BCUT2D eigenvalue weighted by molar-refractivity contribution is 5.68.